The maximum Gasteiger partial charge on any atom is 0.360 e. The number of aromatic nitrogens is 2. The molecule has 0 aliphatic rings. The second-order valence-electron chi connectivity index (χ2n) is 2.75. The Labute approximate surface area is 87.3 Å². The van der Waals surface area contributed by atoms with E-state index in [4.69, 9.17) is 10.5 Å². The van der Waals surface area contributed by atoms with Crippen molar-refractivity contribution in [2.75, 3.05) is 19.5 Å². The van der Waals surface area contributed by atoms with Gasteiger partial charge >= 0.3 is 5.97 Å². The van der Waals surface area contributed by atoms with E-state index in [1.807, 2.05) is 0 Å². The molecule has 0 saturated heterocycles. The normalized spacial score (nSPS) is 9.93. The lowest BCUT2D eigenvalue weighted by Gasteiger charge is -1.99. The summed E-state index contributed by atoms with van der Waals surface area (Å²) in [5.74, 6) is -0.560. The van der Waals surface area contributed by atoms with Gasteiger partial charge in [-0.05, 0) is 0 Å². The van der Waals surface area contributed by atoms with Gasteiger partial charge in [-0.25, -0.2) is 9.48 Å². The summed E-state index contributed by atoms with van der Waals surface area (Å²) in [7, 11) is 1.27. The van der Waals surface area contributed by atoms with Gasteiger partial charge < -0.3 is 15.2 Å². The minimum Gasteiger partial charge on any atom is -0.464 e. The van der Waals surface area contributed by atoms with Crippen LogP contribution >= 0.6 is 0 Å². The van der Waals surface area contributed by atoms with Crippen LogP contribution < -0.4 is 5.73 Å². The maximum absolute atomic E-state index is 11.1. The highest BCUT2D eigenvalue weighted by atomic mass is 16.5. The number of rotatable bonds is 5. The monoisotopic (exact) mass is 211 g/mol. The van der Waals surface area contributed by atoms with Crippen LogP contribution in [0.2, 0.25) is 0 Å². The van der Waals surface area contributed by atoms with Gasteiger partial charge in [0, 0.05) is 0 Å². The molecule has 0 atom stereocenters. The van der Waals surface area contributed by atoms with Crippen LogP contribution in [-0.4, -0.2) is 29.5 Å². The molecule has 0 aliphatic carbocycles. The molecule has 1 heterocycles. The molecule has 0 radical (unpaired) electrons. The fraction of sp³-hybridized carbons (Fsp3) is 0.333. The number of nitrogen functional groups attached to an aromatic ring is 1. The SMILES string of the molecule is C=CCOCn1cc(N)c(C(=O)OC)n1. The summed E-state index contributed by atoms with van der Waals surface area (Å²) >= 11 is 0. The molecule has 82 valence electrons. The number of ether oxygens (including phenoxy) is 2. The zero-order valence-corrected chi connectivity index (χ0v) is 8.47. The van der Waals surface area contributed by atoms with Crippen LogP contribution in [0.5, 0.6) is 0 Å². The van der Waals surface area contributed by atoms with Crippen molar-refractivity contribution in [1.82, 2.24) is 9.78 Å². The summed E-state index contributed by atoms with van der Waals surface area (Å²) in [5.41, 5.74) is 5.93. The van der Waals surface area contributed by atoms with Crippen molar-refractivity contribution in [3.63, 3.8) is 0 Å². The lowest BCUT2D eigenvalue weighted by atomic mass is 10.4. The van der Waals surface area contributed by atoms with Crippen LogP contribution in [0.4, 0.5) is 5.69 Å². The molecular weight excluding hydrogens is 198 g/mol. The number of methoxy groups -OCH3 is 1. The summed E-state index contributed by atoms with van der Waals surface area (Å²) in [6, 6.07) is 0. The number of carbonyl (C=O) groups excluding carboxylic acids is 1. The number of hydrogen-bond acceptors (Lipinski definition) is 5. The van der Waals surface area contributed by atoms with Crippen molar-refractivity contribution in [3.8, 4) is 0 Å². The average Bonchev–Trinajstić information content (AvgIpc) is 2.59. The Morgan fingerprint density at radius 3 is 3.13 bits per heavy atom. The summed E-state index contributed by atoms with van der Waals surface area (Å²) in [4.78, 5) is 11.1. The highest BCUT2D eigenvalue weighted by Gasteiger charge is 2.14. The van der Waals surface area contributed by atoms with E-state index in [9.17, 15) is 4.79 Å². The van der Waals surface area contributed by atoms with E-state index in [-0.39, 0.29) is 18.1 Å². The van der Waals surface area contributed by atoms with Crippen LogP contribution in [0.15, 0.2) is 18.9 Å². The van der Waals surface area contributed by atoms with Gasteiger partial charge in [0.15, 0.2) is 5.69 Å². The quantitative estimate of drug-likeness (QED) is 0.433. The number of carbonyl (C=O) groups is 1. The first-order chi connectivity index (χ1) is 7.19. The first kappa shape index (κ1) is 11.3. The van der Waals surface area contributed by atoms with Crippen LogP contribution in [-0.2, 0) is 16.2 Å². The summed E-state index contributed by atoms with van der Waals surface area (Å²) in [6.45, 7) is 4.13. The molecule has 6 nitrogen and oxygen atoms in total. The van der Waals surface area contributed by atoms with Crippen molar-refractivity contribution in [2.45, 2.75) is 6.73 Å². The van der Waals surface area contributed by atoms with Crippen molar-refractivity contribution in [2.24, 2.45) is 0 Å². The van der Waals surface area contributed by atoms with Crippen LogP contribution in [0, 0.1) is 0 Å². The third kappa shape index (κ3) is 2.81. The molecule has 1 aromatic heterocycles. The van der Waals surface area contributed by atoms with Crippen molar-refractivity contribution < 1.29 is 14.3 Å². The molecule has 2 N–H and O–H groups in total. The zero-order valence-electron chi connectivity index (χ0n) is 8.47. The zero-order chi connectivity index (χ0) is 11.3. The van der Waals surface area contributed by atoms with Crippen molar-refractivity contribution >= 4 is 11.7 Å². The molecule has 6 heteroatoms. The second kappa shape index (κ2) is 5.16. The molecule has 0 amide bonds. The summed E-state index contributed by atoms with van der Waals surface area (Å²) in [5, 5.41) is 3.91. The Bertz CT molecular complexity index is 359. The molecule has 0 bridgehead atoms. The minimum absolute atomic E-state index is 0.0969. The summed E-state index contributed by atoms with van der Waals surface area (Å²) < 4.78 is 11.1. The molecule has 0 fully saturated rings. The third-order valence-corrected chi connectivity index (χ3v) is 1.63. The number of esters is 1. The molecule has 0 unspecified atom stereocenters. The molecule has 0 saturated carbocycles. The molecule has 0 aromatic carbocycles. The van der Waals surface area contributed by atoms with Crippen LogP contribution in [0.1, 0.15) is 10.5 Å². The van der Waals surface area contributed by atoms with E-state index in [0.717, 1.165) is 0 Å². The van der Waals surface area contributed by atoms with Gasteiger partial charge in [-0.15, -0.1) is 6.58 Å². The third-order valence-electron chi connectivity index (χ3n) is 1.63. The van der Waals surface area contributed by atoms with Crippen molar-refractivity contribution in [1.29, 1.82) is 0 Å². The van der Waals surface area contributed by atoms with Crippen LogP contribution in [0.25, 0.3) is 0 Å². The van der Waals surface area contributed by atoms with Gasteiger partial charge in [-0.2, -0.15) is 5.10 Å². The molecule has 15 heavy (non-hydrogen) atoms. The first-order valence-corrected chi connectivity index (χ1v) is 4.29. The molecule has 0 spiro atoms. The fourth-order valence-corrected chi connectivity index (χ4v) is 0.988. The number of hydrogen-bond donors (Lipinski definition) is 1. The van der Waals surface area contributed by atoms with Gasteiger partial charge in [0.2, 0.25) is 0 Å². The Kier molecular flexibility index (Phi) is 3.87. The highest BCUT2D eigenvalue weighted by Crippen LogP contribution is 2.09. The van der Waals surface area contributed by atoms with Crippen LogP contribution in [0.3, 0.4) is 0 Å². The first-order valence-electron chi connectivity index (χ1n) is 4.29. The predicted molar refractivity (Wildman–Crippen MR) is 54.1 cm³/mol. The Morgan fingerprint density at radius 1 is 1.80 bits per heavy atom. The van der Waals surface area contributed by atoms with E-state index >= 15 is 0 Å². The smallest absolute Gasteiger partial charge is 0.360 e. The molecule has 0 aliphatic heterocycles. The van der Waals surface area contributed by atoms with E-state index in [1.165, 1.54) is 18.0 Å². The molecule has 1 aromatic rings. The summed E-state index contributed by atoms with van der Waals surface area (Å²) in [6.07, 6.45) is 3.13. The predicted octanol–water partition coefficient (Wildman–Crippen LogP) is 0.412. The van der Waals surface area contributed by atoms with Gasteiger partial charge in [0.25, 0.3) is 0 Å². The number of anilines is 1. The Hall–Kier alpha value is -1.82. The fourth-order valence-electron chi connectivity index (χ4n) is 0.988. The van der Waals surface area contributed by atoms with E-state index in [0.29, 0.717) is 6.61 Å². The highest BCUT2D eigenvalue weighted by molar-refractivity contribution is 5.92. The number of nitrogens with two attached hydrogens (primary N) is 1. The standard InChI is InChI=1S/C9H13N3O3/c1-3-4-15-6-12-5-7(10)8(11-12)9(13)14-2/h3,5H,1,4,6,10H2,2H3. The van der Waals surface area contributed by atoms with E-state index < -0.39 is 5.97 Å². The minimum atomic E-state index is -0.560. The molecule has 1 rings (SSSR count). The van der Waals surface area contributed by atoms with Gasteiger partial charge in [0.05, 0.1) is 25.6 Å². The maximum atomic E-state index is 11.1. The largest absolute Gasteiger partial charge is 0.464 e. The molecular formula is C9H13N3O3. The Morgan fingerprint density at radius 2 is 2.53 bits per heavy atom. The van der Waals surface area contributed by atoms with Gasteiger partial charge in [0.1, 0.15) is 6.73 Å². The van der Waals surface area contributed by atoms with Gasteiger partial charge in [-0.1, -0.05) is 6.08 Å². The Balaban J connectivity index is 2.68. The van der Waals surface area contributed by atoms with Crippen molar-refractivity contribution in [3.05, 3.63) is 24.5 Å². The van der Waals surface area contributed by atoms with Gasteiger partial charge in [-0.3, -0.25) is 0 Å². The topological polar surface area (TPSA) is 79.4 Å². The average molecular weight is 211 g/mol. The number of nitrogens with zero attached hydrogens (tertiary/aromatic N) is 2. The lowest BCUT2D eigenvalue weighted by Crippen LogP contribution is -2.07. The van der Waals surface area contributed by atoms with E-state index in [2.05, 4.69) is 16.4 Å². The second-order valence-corrected chi connectivity index (χ2v) is 2.75. The van der Waals surface area contributed by atoms with E-state index in [1.54, 1.807) is 6.08 Å². The lowest BCUT2D eigenvalue weighted by molar-refractivity contribution is 0.0587.